The van der Waals surface area contributed by atoms with Gasteiger partial charge in [-0.15, -0.1) is 0 Å². The van der Waals surface area contributed by atoms with E-state index in [0.717, 1.165) is 4.68 Å². The Morgan fingerprint density at radius 1 is 1.37 bits per heavy atom. The Kier molecular flexibility index (Phi) is 4.85. The van der Waals surface area contributed by atoms with Crippen molar-refractivity contribution in [3.8, 4) is 0 Å². The van der Waals surface area contributed by atoms with E-state index in [1.165, 1.54) is 31.2 Å². The minimum absolute atomic E-state index is 0.147. The summed E-state index contributed by atoms with van der Waals surface area (Å²) in [5.41, 5.74) is -0.873. The Bertz CT molecular complexity index is 892. The summed E-state index contributed by atoms with van der Waals surface area (Å²) in [7, 11) is 0. The third-order valence-corrected chi connectivity index (χ3v) is 4.58. The van der Waals surface area contributed by atoms with Crippen LogP contribution in [0.15, 0.2) is 24.3 Å². The second kappa shape index (κ2) is 6.84. The lowest BCUT2D eigenvalue weighted by atomic mass is 10.2. The van der Waals surface area contributed by atoms with Crippen molar-refractivity contribution in [3.05, 3.63) is 50.8 Å². The van der Waals surface area contributed by atoms with E-state index in [-0.39, 0.29) is 23.0 Å². The van der Waals surface area contributed by atoms with Crippen LogP contribution in [0.25, 0.3) is 0 Å². The van der Waals surface area contributed by atoms with Crippen molar-refractivity contribution in [1.29, 1.82) is 0 Å². The van der Waals surface area contributed by atoms with E-state index in [4.69, 9.17) is 11.6 Å². The third-order valence-electron chi connectivity index (χ3n) is 4.21. The zero-order valence-electron chi connectivity index (χ0n) is 14.0. The number of aromatic nitrogens is 2. The molecule has 0 spiro atoms. The van der Waals surface area contributed by atoms with Gasteiger partial charge in [0.05, 0.1) is 15.6 Å². The summed E-state index contributed by atoms with van der Waals surface area (Å²) >= 11 is 5.91. The van der Waals surface area contributed by atoms with E-state index in [0.29, 0.717) is 12.8 Å². The maximum absolute atomic E-state index is 13.1. The summed E-state index contributed by atoms with van der Waals surface area (Å²) in [5.74, 6) is -0.769. The zero-order chi connectivity index (χ0) is 19.9. The number of carbonyl (C=O) groups excluding carboxylic acids is 1. The van der Waals surface area contributed by atoms with Crippen LogP contribution in [0.1, 0.15) is 43.1 Å². The van der Waals surface area contributed by atoms with Gasteiger partial charge in [-0.3, -0.25) is 19.6 Å². The van der Waals surface area contributed by atoms with Crippen LogP contribution in [0, 0.1) is 10.1 Å². The number of halogens is 4. The molecule has 1 N–H and O–H groups in total. The first-order valence-corrected chi connectivity index (χ1v) is 8.37. The lowest BCUT2D eigenvalue weighted by Crippen LogP contribution is -2.26. The van der Waals surface area contributed by atoms with Crippen molar-refractivity contribution in [2.75, 3.05) is 5.32 Å². The molecule has 1 fully saturated rings. The molecule has 0 radical (unpaired) electrons. The fourth-order valence-electron chi connectivity index (χ4n) is 2.65. The summed E-state index contributed by atoms with van der Waals surface area (Å²) in [5, 5.41) is 16.2. The Morgan fingerprint density at radius 3 is 2.44 bits per heavy atom. The van der Waals surface area contributed by atoms with Crippen molar-refractivity contribution in [1.82, 2.24) is 9.78 Å². The maximum atomic E-state index is 13.1. The molecule has 1 unspecified atom stereocenters. The monoisotopic (exact) mass is 402 g/mol. The number of nitro groups is 1. The number of non-ortho nitro benzene ring substituents is 1. The van der Waals surface area contributed by atoms with E-state index in [2.05, 4.69) is 10.4 Å². The molecular formula is C16H14ClF3N4O3. The molecule has 1 heterocycles. The Morgan fingerprint density at radius 2 is 1.96 bits per heavy atom. The second-order valence-electron chi connectivity index (χ2n) is 6.23. The zero-order valence-corrected chi connectivity index (χ0v) is 14.7. The summed E-state index contributed by atoms with van der Waals surface area (Å²) in [4.78, 5) is 22.5. The second-order valence-corrected chi connectivity index (χ2v) is 6.61. The molecule has 0 saturated heterocycles. The van der Waals surface area contributed by atoms with Crippen molar-refractivity contribution < 1.29 is 22.9 Å². The summed E-state index contributed by atoms with van der Waals surface area (Å²) in [6.45, 7) is 1.41. The lowest BCUT2D eigenvalue weighted by molar-refractivity contribution is -0.384. The van der Waals surface area contributed by atoms with Crippen LogP contribution in [0.2, 0.25) is 5.02 Å². The highest BCUT2D eigenvalue weighted by Gasteiger charge is 2.43. The van der Waals surface area contributed by atoms with Gasteiger partial charge in [0.2, 0.25) is 5.91 Å². The number of alkyl halides is 3. The molecule has 0 bridgehead atoms. The number of hydrogen-bond donors (Lipinski definition) is 1. The number of nitrogens with zero attached hydrogens (tertiary/aromatic N) is 3. The first kappa shape index (κ1) is 19.2. The van der Waals surface area contributed by atoms with Gasteiger partial charge in [-0.2, -0.15) is 18.3 Å². The van der Waals surface area contributed by atoms with Crippen molar-refractivity contribution >= 4 is 28.9 Å². The molecule has 11 heteroatoms. The van der Waals surface area contributed by atoms with Gasteiger partial charge >= 0.3 is 6.18 Å². The van der Waals surface area contributed by atoms with Gasteiger partial charge in [0.15, 0.2) is 5.69 Å². The number of rotatable bonds is 5. The van der Waals surface area contributed by atoms with Gasteiger partial charge in [-0.1, -0.05) is 11.6 Å². The van der Waals surface area contributed by atoms with E-state index in [1.807, 2.05) is 0 Å². The van der Waals surface area contributed by atoms with E-state index < -0.39 is 33.8 Å². The predicted octanol–water partition coefficient (Wildman–Crippen LogP) is 4.54. The molecule has 1 saturated carbocycles. The number of nitro benzene ring substituents is 1. The Balaban J connectivity index is 1.85. The average molecular weight is 403 g/mol. The Hall–Kier alpha value is -2.62. The van der Waals surface area contributed by atoms with Crippen LogP contribution in [-0.2, 0) is 11.0 Å². The fourth-order valence-corrected chi connectivity index (χ4v) is 3.04. The number of benzene rings is 1. The Labute approximate surface area is 156 Å². The minimum atomic E-state index is -4.72. The summed E-state index contributed by atoms with van der Waals surface area (Å²) in [6, 6.07) is 4.04. The van der Waals surface area contributed by atoms with Crippen LogP contribution < -0.4 is 5.32 Å². The van der Waals surface area contributed by atoms with Crippen LogP contribution in [0.3, 0.4) is 0 Å². The highest BCUT2D eigenvalue weighted by molar-refractivity contribution is 6.32. The minimum Gasteiger partial charge on any atom is -0.324 e. The fraction of sp³-hybridized carbons (Fsp3) is 0.375. The van der Waals surface area contributed by atoms with E-state index >= 15 is 0 Å². The van der Waals surface area contributed by atoms with Crippen molar-refractivity contribution in [2.45, 2.75) is 37.9 Å². The van der Waals surface area contributed by atoms with E-state index in [1.54, 1.807) is 0 Å². The quantitative estimate of drug-likeness (QED) is 0.587. The molecule has 1 aliphatic carbocycles. The summed E-state index contributed by atoms with van der Waals surface area (Å²) in [6.07, 6.45) is -3.36. The number of nitrogens with one attached hydrogen (secondary N) is 1. The smallest absolute Gasteiger partial charge is 0.324 e. The molecule has 27 heavy (non-hydrogen) atoms. The molecule has 1 aromatic carbocycles. The maximum Gasteiger partial charge on any atom is 0.436 e. The number of amides is 1. The standard InChI is InChI=1S/C16H14ClF3N4O3/c1-8(15(25)21-10-4-6-11(7-5-10)24(26)27)23-13(9-2-3-9)12(17)14(22-23)16(18,19)20/h4-9H,2-3H2,1H3,(H,21,25). The number of carbonyl (C=O) groups is 1. The molecule has 1 atom stereocenters. The third kappa shape index (κ3) is 3.90. The lowest BCUT2D eigenvalue weighted by Gasteiger charge is -2.16. The number of hydrogen-bond acceptors (Lipinski definition) is 4. The van der Waals surface area contributed by atoms with Crippen LogP contribution >= 0.6 is 11.6 Å². The largest absolute Gasteiger partial charge is 0.436 e. The van der Waals surface area contributed by atoms with Crippen LogP contribution in [0.4, 0.5) is 24.5 Å². The normalized spacial score (nSPS) is 15.4. The van der Waals surface area contributed by atoms with Gasteiger partial charge in [-0.05, 0) is 31.9 Å². The predicted molar refractivity (Wildman–Crippen MR) is 90.7 cm³/mol. The molecule has 3 rings (SSSR count). The highest BCUT2D eigenvalue weighted by atomic mass is 35.5. The van der Waals surface area contributed by atoms with Crippen molar-refractivity contribution in [2.24, 2.45) is 0 Å². The molecule has 7 nitrogen and oxygen atoms in total. The molecule has 2 aromatic rings. The first-order valence-electron chi connectivity index (χ1n) is 8.00. The van der Waals surface area contributed by atoms with E-state index in [9.17, 15) is 28.1 Å². The first-order chi connectivity index (χ1) is 12.6. The molecular weight excluding hydrogens is 389 g/mol. The average Bonchev–Trinajstić information content (AvgIpc) is 3.36. The number of anilines is 1. The molecule has 144 valence electrons. The molecule has 1 amide bonds. The van der Waals surface area contributed by atoms with Gasteiger partial charge in [-0.25, -0.2) is 0 Å². The molecule has 1 aliphatic rings. The SMILES string of the molecule is CC(C(=O)Nc1ccc([N+](=O)[O-])cc1)n1nc(C(F)(F)F)c(Cl)c1C1CC1. The van der Waals surface area contributed by atoms with Gasteiger partial charge in [0.25, 0.3) is 5.69 Å². The topological polar surface area (TPSA) is 90.1 Å². The molecule has 0 aliphatic heterocycles. The summed E-state index contributed by atoms with van der Waals surface area (Å²) < 4.78 is 40.4. The van der Waals surface area contributed by atoms with Crippen molar-refractivity contribution in [3.63, 3.8) is 0 Å². The van der Waals surface area contributed by atoms with Gasteiger partial charge in [0.1, 0.15) is 6.04 Å². The van der Waals surface area contributed by atoms with Crippen LogP contribution in [0.5, 0.6) is 0 Å². The van der Waals surface area contributed by atoms with Crippen LogP contribution in [-0.4, -0.2) is 20.6 Å². The van der Waals surface area contributed by atoms with Gasteiger partial charge < -0.3 is 5.32 Å². The van der Waals surface area contributed by atoms with Gasteiger partial charge in [0, 0.05) is 23.7 Å². The molecule has 1 aromatic heterocycles. The highest BCUT2D eigenvalue weighted by Crippen LogP contribution is 2.47.